The number of hydrogen-bond donors (Lipinski definition) is 2. The van der Waals surface area contributed by atoms with Gasteiger partial charge in [0.2, 0.25) is 5.75 Å². The highest BCUT2D eigenvalue weighted by Crippen LogP contribution is 2.43. The molecule has 0 heterocycles. The zero-order chi connectivity index (χ0) is 50.5. The van der Waals surface area contributed by atoms with Crippen molar-refractivity contribution in [3.05, 3.63) is 29.8 Å². The molecule has 69 heavy (non-hydrogen) atoms. The van der Waals surface area contributed by atoms with Crippen molar-refractivity contribution in [3.63, 3.8) is 0 Å². The molecule has 2 unspecified atom stereocenters. The lowest BCUT2D eigenvalue weighted by Gasteiger charge is -2.20. The molecular formula is C55H86NO12P. The maximum absolute atomic E-state index is 13.1. The van der Waals surface area contributed by atoms with Gasteiger partial charge in [0.1, 0.15) is 26.4 Å². The third kappa shape index (κ3) is 35.3. The SMILES string of the molecule is C#CCOc1cc(C(=O)NCCOP(=O)(O)OCC(COC(=O)CCCCCCCCCCCCCCC)OC(=O)CCCCCCC/C=C\CCCCCCCC)cc(OCC#C)c1OCC#C. The molecule has 0 aromatic heterocycles. The van der Waals surface area contributed by atoms with Gasteiger partial charge in [-0.1, -0.05) is 172 Å². The number of amides is 1. The summed E-state index contributed by atoms with van der Waals surface area (Å²) >= 11 is 0. The molecule has 0 aliphatic heterocycles. The molecule has 2 N–H and O–H groups in total. The average molecular weight is 984 g/mol. The number of unbranched alkanes of at least 4 members (excludes halogenated alkanes) is 23. The number of allylic oxidation sites excluding steroid dienone is 2. The van der Waals surface area contributed by atoms with Crippen LogP contribution < -0.4 is 19.5 Å². The normalized spacial score (nSPS) is 12.3. The molecule has 388 valence electrons. The first-order valence-electron chi connectivity index (χ1n) is 25.9. The second-order valence-corrected chi connectivity index (χ2v) is 18.7. The Bertz CT molecular complexity index is 1690. The van der Waals surface area contributed by atoms with Crippen LogP contribution in [0.2, 0.25) is 0 Å². The fourth-order valence-electron chi connectivity index (χ4n) is 7.31. The first-order valence-corrected chi connectivity index (χ1v) is 27.4. The molecule has 13 nitrogen and oxygen atoms in total. The van der Waals surface area contributed by atoms with E-state index in [0.29, 0.717) is 12.8 Å². The van der Waals surface area contributed by atoms with Gasteiger partial charge < -0.3 is 33.9 Å². The van der Waals surface area contributed by atoms with Crippen LogP contribution in [0.15, 0.2) is 24.3 Å². The summed E-state index contributed by atoms with van der Waals surface area (Å²) < 4.78 is 50.9. The Morgan fingerprint density at radius 1 is 0.609 bits per heavy atom. The van der Waals surface area contributed by atoms with Crippen LogP contribution in [0.3, 0.4) is 0 Å². The fourth-order valence-corrected chi connectivity index (χ4v) is 8.06. The van der Waals surface area contributed by atoms with Crippen molar-refractivity contribution in [1.82, 2.24) is 5.32 Å². The van der Waals surface area contributed by atoms with Gasteiger partial charge in [-0.3, -0.25) is 23.4 Å². The number of ether oxygens (including phenoxy) is 5. The Balaban J connectivity index is 2.66. The van der Waals surface area contributed by atoms with E-state index >= 15 is 0 Å². The van der Waals surface area contributed by atoms with E-state index in [1.54, 1.807) is 0 Å². The minimum atomic E-state index is -4.72. The maximum Gasteiger partial charge on any atom is 0.472 e. The molecule has 0 saturated carbocycles. The highest BCUT2D eigenvalue weighted by Gasteiger charge is 2.26. The fraction of sp³-hybridized carbons (Fsp3) is 0.691. The number of rotatable bonds is 46. The second kappa shape index (κ2) is 43.6. The summed E-state index contributed by atoms with van der Waals surface area (Å²) in [5, 5.41) is 2.58. The number of esters is 2. The number of phosphoric acid groups is 1. The second-order valence-electron chi connectivity index (χ2n) is 17.3. The topological polar surface area (TPSA) is 165 Å². The van der Waals surface area contributed by atoms with Crippen molar-refractivity contribution in [2.75, 3.05) is 46.2 Å². The van der Waals surface area contributed by atoms with E-state index in [4.69, 9.17) is 52.0 Å². The molecule has 0 radical (unpaired) electrons. The highest BCUT2D eigenvalue weighted by atomic mass is 31.2. The van der Waals surface area contributed by atoms with Crippen LogP contribution in [0.25, 0.3) is 0 Å². The zero-order valence-electron chi connectivity index (χ0n) is 42.3. The highest BCUT2D eigenvalue weighted by molar-refractivity contribution is 7.47. The first-order chi connectivity index (χ1) is 33.6. The van der Waals surface area contributed by atoms with Crippen LogP contribution in [-0.2, 0) is 32.7 Å². The van der Waals surface area contributed by atoms with Gasteiger partial charge in [-0.2, -0.15) is 0 Å². The van der Waals surface area contributed by atoms with Gasteiger partial charge >= 0.3 is 19.8 Å². The summed E-state index contributed by atoms with van der Waals surface area (Å²) in [5.41, 5.74) is 0.0700. The third-order valence-electron chi connectivity index (χ3n) is 11.1. The average Bonchev–Trinajstić information content (AvgIpc) is 3.34. The number of carbonyl (C=O) groups excluding carboxylic acids is 3. The number of terminal acetylenes is 3. The Kier molecular flexibility index (Phi) is 39.5. The van der Waals surface area contributed by atoms with Crippen molar-refractivity contribution < 1.29 is 56.6 Å². The van der Waals surface area contributed by atoms with Gasteiger partial charge in [-0.25, -0.2) is 4.57 Å². The van der Waals surface area contributed by atoms with Crippen molar-refractivity contribution in [1.29, 1.82) is 0 Å². The molecule has 2 atom stereocenters. The summed E-state index contributed by atoms with van der Waals surface area (Å²) in [6, 6.07) is 2.74. The number of phosphoric ester groups is 1. The number of benzene rings is 1. The van der Waals surface area contributed by atoms with E-state index < -0.39 is 45.0 Å². The molecule has 0 fully saturated rings. The lowest BCUT2D eigenvalue weighted by atomic mass is 10.0. The van der Waals surface area contributed by atoms with Gasteiger partial charge in [0.05, 0.1) is 13.2 Å². The van der Waals surface area contributed by atoms with E-state index in [2.05, 4.69) is 49.1 Å². The van der Waals surface area contributed by atoms with E-state index in [1.165, 1.54) is 108 Å². The van der Waals surface area contributed by atoms with Crippen LogP contribution >= 0.6 is 7.82 Å². The molecule has 14 heteroatoms. The molecule has 0 aliphatic carbocycles. The monoisotopic (exact) mass is 984 g/mol. The Morgan fingerprint density at radius 2 is 1.04 bits per heavy atom. The number of hydrogen-bond acceptors (Lipinski definition) is 11. The van der Waals surface area contributed by atoms with Gasteiger partial charge in [0.25, 0.3) is 5.91 Å². The standard InChI is InChI=1S/C55H86NO12P/c1-6-11-13-15-17-19-21-23-24-26-28-30-32-34-36-38-53(58)68-49(46-65-52(57)37-35-33-31-29-27-25-22-20-18-16-14-12-7-2)47-67-69(60,61)66-43-39-56-55(59)48-44-50(62-40-8-3)54(64-42-10-5)51(45-48)63-41-9-4/h3-5,23-24,44-45,49H,6-7,11-22,25-43,46-47H2,1-2H3,(H,56,59)(H,60,61)/b24-23-. The Hall–Kier alpha value is -4.44. The molecule has 0 spiro atoms. The summed E-state index contributed by atoms with van der Waals surface area (Å²) in [5.74, 6) is 5.69. The smallest absolute Gasteiger partial charge is 0.472 e. The van der Waals surface area contributed by atoms with Crippen molar-refractivity contribution >= 4 is 25.7 Å². The molecule has 0 aliphatic rings. The van der Waals surface area contributed by atoms with Gasteiger partial charge in [-0.15, -0.1) is 19.3 Å². The maximum atomic E-state index is 13.1. The first kappa shape index (κ1) is 62.6. The Morgan fingerprint density at radius 3 is 1.52 bits per heavy atom. The van der Waals surface area contributed by atoms with E-state index in [-0.39, 0.29) is 68.6 Å². The van der Waals surface area contributed by atoms with Crippen molar-refractivity contribution in [3.8, 4) is 54.3 Å². The van der Waals surface area contributed by atoms with Crippen LogP contribution in [-0.4, -0.2) is 75.0 Å². The van der Waals surface area contributed by atoms with E-state index in [9.17, 15) is 23.8 Å². The number of carbonyl (C=O) groups is 3. The van der Waals surface area contributed by atoms with Crippen molar-refractivity contribution in [2.24, 2.45) is 0 Å². The largest absolute Gasteiger partial charge is 0.477 e. The van der Waals surface area contributed by atoms with Crippen LogP contribution in [0.5, 0.6) is 17.2 Å². The molecule has 0 bridgehead atoms. The summed E-state index contributed by atoms with van der Waals surface area (Å²) in [6.07, 6.45) is 49.9. The van der Waals surface area contributed by atoms with Gasteiger partial charge in [0, 0.05) is 24.9 Å². The van der Waals surface area contributed by atoms with E-state index in [0.717, 1.165) is 57.8 Å². The molecule has 1 aromatic rings. The lowest BCUT2D eigenvalue weighted by molar-refractivity contribution is -0.161. The summed E-state index contributed by atoms with van der Waals surface area (Å²) in [7, 11) is -4.72. The van der Waals surface area contributed by atoms with Crippen molar-refractivity contribution in [2.45, 2.75) is 200 Å². The van der Waals surface area contributed by atoms with Crippen LogP contribution in [0, 0.1) is 37.0 Å². The molecular weight excluding hydrogens is 898 g/mol. The minimum absolute atomic E-state index is 0.0700. The molecule has 1 rings (SSSR count). The van der Waals surface area contributed by atoms with Crippen LogP contribution in [0.4, 0.5) is 0 Å². The summed E-state index contributed by atoms with van der Waals surface area (Å²) in [4.78, 5) is 49.2. The minimum Gasteiger partial charge on any atom is -0.477 e. The van der Waals surface area contributed by atoms with Gasteiger partial charge in [-0.05, 0) is 50.7 Å². The predicted molar refractivity (Wildman–Crippen MR) is 274 cm³/mol. The Labute approximate surface area is 416 Å². The van der Waals surface area contributed by atoms with Crippen LogP contribution in [0.1, 0.15) is 204 Å². The number of nitrogens with one attached hydrogen (secondary N) is 1. The zero-order valence-corrected chi connectivity index (χ0v) is 43.1. The summed E-state index contributed by atoms with van der Waals surface area (Å²) in [6.45, 7) is 2.48. The lowest BCUT2D eigenvalue weighted by Crippen LogP contribution is -2.30. The molecule has 1 amide bonds. The third-order valence-corrected chi connectivity index (χ3v) is 12.1. The molecule has 0 saturated heterocycles. The predicted octanol–water partition coefficient (Wildman–Crippen LogP) is 12.6. The quantitative estimate of drug-likeness (QED) is 0.0209. The van der Waals surface area contributed by atoms with E-state index in [1.807, 2.05) is 0 Å². The van der Waals surface area contributed by atoms with Gasteiger partial charge in [0.15, 0.2) is 17.6 Å². The molecule has 1 aromatic carbocycles.